The van der Waals surface area contributed by atoms with E-state index in [-0.39, 0.29) is 0 Å². The molecule has 0 radical (unpaired) electrons. The zero-order chi connectivity index (χ0) is 17.9. The fourth-order valence-electron chi connectivity index (χ4n) is 2.44. The molecule has 128 valence electrons. The minimum atomic E-state index is -0.414. The Kier molecular flexibility index (Phi) is 4.51. The molecule has 2 aromatic heterocycles. The summed E-state index contributed by atoms with van der Waals surface area (Å²) in [6, 6.07) is 16.5. The van der Waals surface area contributed by atoms with Crippen LogP contribution in [0.25, 0.3) is 22.2 Å². The summed E-state index contributed by atoms with van der Waals surface area (Å²) in [4.78, 5) is 16.6. The van der Waals surface area contributed by atoms with Crippen LogP contribution >= 0.6 is 22.9 Å². The van der Waals surface area contributed by atoms with E-state index in [4.69, 9.17) is 16.0 Å². The fourth-order valence-corrected chi connectivity index (χ4v) is 3.30. The van der Waals surface area contributed by atoms with E-state index in [1.807, 2.05) is 30.3 Å². The third-order valence-corrected chi connectivity index (χ3v) is 4.63. The van der Waals surface area contributed by atoms with Crippen molar-refractivity contribution in [1.82, 2.24) is 4.98 Å². The van der Waals surface area contributed by atoms with Crippen LogP contribution in [0, 0.1) is 0 Å². The van der Waals surface area contributed by atoms with Gasteiger partial charge in [-0.2, -0.15) is 5.10 Å². The normalized spacial score (nSPS) is 11.3. The number of hydrogen-bond acceptors (Lipinski definition) is 6. The molecule has 26 heavy (non-hydrogen) atoms. The quantitative estimate of drug-likeness (QED) is 0.306. The Hall–Kier alpha value is -2.96. The molecule has 4 aromatic rings. The number of aromatic nitrogens is 1. The molecule has 7 heteroatoms. The van der Waals surface area contributed by atoms with Gasteiger partial charge in [-0.05, 0) is 29.8 Å². The molecule has 2 aromatic carbocycles. The van der Waals surface area contributed by atoms with Crippen LogP contribution in [0.15, 0.2) is 74.3 Å². The molecule has 0 aliphatic carbocycles. The van der Waals surface area contributed by atoms with Crippen LogP contribution < -0.4 is 11.1 Å². The van der Waals surface area contributed by atoms with Crippen LogP contribution in [0.2, 0.25) is 5.02 Å². The monoisotopic (exact) mass is 381 g/mol. The highest BCUT2D eigenvalue weighted by Crippen LogP contribution is 2.25. The number of benzene rings is 2. The Labute approximate surface area is 157 Å². The predicted octanol–water partition coefficient (Wildman–Crippen LogP) is 5.02. The van der Waals surface area contributed by atoms with Gasteiger partial charge >= 0.3 is 5.63 Å². The summed E-state index contributed by atoms with van der Waals surface area (Å²) in [6.07, 6.45) is 1.65. The first kappa shape index (κ1) is 16.5. The summed E-state index contributed by atoms with van der Waals surface area (Å²) in [5.74, 6) is 0. The van der Waals surface area contributed by atoms with Gasteiger partial charge in [-0.3, -0.25) is 5.43 Å². The van der Waals surface area contributed by atoms with Crippen LogP contribution in [0.1, 0.15) is 5.56 Å². The number of anilines is 1. The second-order valence-corrected chi connectivity index (χ2v) is 6.74. The lowest BCUT2D eigenvalue weighted by Gasteiger charge is -1.99. The Morgan fingerprint density at radius 1 is 1.15 bits per heavy atom. The Balaban J connectivity index is 1.56. The van der Waals surface area contributed by atoms with Gasteiger partial charge in [0.25, 0.3) is 0 Å². The second-order valence-electron chi connectivity index (χ2n) is 5.45. The van der Waals surface area contributed by atoms with E-state index in [0.29, 0.717) is 27.0 Å². The third kappa shape index (κ3) is 3.51. The second kappa shape index (κ2) is 7.11. The van der Waals surface area contributed by atoms with E-state index in [2.05, 4.69) is 15.5 Å². The molecule has 0 saturated carbocycles. The summed E-state index contributed by atoms with van der Waals surface area (Å²) in [7, 11) is 0. The molecule has 2 heterocycles. The van der Waals surface area contributed by atoms with Gasteiger partial charge in [0.15, 0.2) is 0 Å². The number of fused-ring (bicyclic) bond motifs is 1. The minimum absolute atomic E-state index is 0.414. The first-order chi connectivity index (χ1) is 12.7. The molecule has 0 unspecified atom stereocenters. The maximum Gasteiger partial charge on any atom is 0.345 e. The van der Waals surface area contributed by atoms with Gasteiger partial charge in [0.05, 0.1) is 17.5 Å². The third-order valence-electron chi connectivity index (χ3n) is 3.64. The minimum Gasteiger partial charge on any atom is -0.422 e. The molecule has 0 bridgehead atoms. The van der Waals surface area contributed by atoms with Crippen LogP contribution in [0.4, 0.5) is 5.13 Å². The Morgan fingerprint density at radius 2 is 2.04 bits per heavy atom. The van der Waals surface area contributed by atoms with Gasteiger partial charge in [0.1, 0.15) is 5.58 Å². The predicted molar refractivity (Wildman–Crippen MR) is 106 cm³/mol. The first-order valence-corrected chi connectivity index (χ1v) is 8.98. The van der Waals surface area contributed by atoms with Gasteiger partial charge in [-0.1, -0.05) is 41.9 Å². The number of nitrogens with one attached hydrogen (secondary N) is 1. The standard InChI is InChI=1S/C19H12ClN3O2S/c20-14-6-3-4-12(8-14)10-21-23-19-22-16(11-26-19)15-9-13-5-1-2-7-17(13)25-18(15)24/h1-11H,(H,22,23)/b21-10+. The van der Waals surface area contributed by atoms with Crippen molar-refractivity contribution in [2.45, 2.75) is 0 Å². The number of para-hydroxylation sites is 1. The van der Waals surface area contributed by atoms with E-state index >= 15 is 0 Å². The smallest absolute Gasteiger partial charge is 0.345 e. The largest absolute Gasteiger partial charge is 0.422 e. The summed E-state index contributed by atoms with van der Waals surface area (Å²) in [6.45, 7) is 0. The van der Waals surface area contributed by atoms with Gasteiger partial charge in [-0.25, -0.2) is 9.78 Å². The lowest BCUT2D eigenvalue weighted by atomic mass is 10.1. The van der Waals surface area contributed by atoms with Crippen LogP contribution in [-0.2, 0) is 0 Å². The summed E-state index contributed by atoms with van der Waals surface area (Å²) >= 11 is 7.29. The molecule has 1 N–H and O–H groups in total. The van der Waals surface area contributed by atoms with E-state index < -0.39 is 5.63 Å². The summed E-state index contributed by atoms with van der Waals surface area (Å²) in [5.41, 5.74) is 4.85. The van der Waals surface area contributed by atoms with Crippen LogP contribution in [-0.4, -0.2) is 11.2 Å². The molecule has 0 atom stereocenters. The number of rotatable bonds is 4. The van der Waals surface area contributed by atoms with Crippen molar-refractivity contribution in [3.63, 3.8) is 0 Å². The maximum atomic E-state index is 12.2. The number of hydrogen-bond donors (Lipinski definition) is 1. The van der Waals surface area contributed by atoms with Crippen LogP contribution in [0.5, 0.6) is 0 Å². The first-order valence-electron chi connectivity index (χ1n) is 7.72. The molecule has 4 rings (SSSR count). The van der Waals surface area contributed by atoms with E-state index in [0.717, 1.165) is 10.9 Å². The van der Waals surface area contributed by atoms with Crippen molar-refractivity contribution in [1.29, 1.82) is 0 Å². The van der Waals surface area contributed by atoms with Gasteiger partial charge in [0.2, 0.25) is 5.13 Å². The molecule has 0 amide bonds. The van der Waals surface area contributed by atoms with E-state index in [9.17, 15) is 4.79 Å². The molecular weight excluding hydrogens is 370 g/mol. The molecule has 0 spiro atoms. The van der Waals surface area contributed by atoms with Crippen molar-refractivity contribution < 1.29 is 4.42 Å². The van der Waals surface area contributed by atoms with Gasteiger partial charge < -0.3 is 4.42 Å². The number of nitrogens with zero attached hydrogens (tertiary/aromatic N) is 2. The van der Waals surface area contributed by atoms with Crippen molar-refractivity contribution >= 4 is 45.3 Å². The highest BCUT2D eigenvalue weighted by molar-refractivity contribution is 7.14. The lowest BCUT2D eigenvalue weighted by Crippen LogP contribution is -2.02. The average Bonchev–Trinajstić information content (AvgIpc) is 3.10. The molecule has 5 nitrogen and oxygen atoms in total. The highest BCUT2D eigenvalue weighted by atomic mass is 35.5. The molecule has 0 saturated heterocycles. The zero-order valence-corrected chi connectivity index (χ0v) is 14.9. The van der Waals surface area contributed by atoms with Crippen molar-refractivity contribution in [2.24, 2.45) is 5.10 Å². The number of thiazole rings is 1. The number of halogens is 1. The molecule has 0 aliphatic heterocycles. The van der Waals surface area contributed by atoms with E-state index in [1.165, 1.54) is 11.3 Å². The number of hydrazone groups is 1. The lowest BCUT2D eigenvalue weighted by molar-refractivity contribution is 0.563. The summed E-state index contributed by atoms with van der Waals surface area (Å²) in [5, 5.41) is 8.01. The van der Waals surface area contributed by atoms with Gasteiger partial charge in [0, 0.05) is 15.8 Å². The highest BCUT2D eigenvalue weighted by Gasteiger charge is 2.11. The SMILES string of the molecule is O=c1oc2ccccc2cc1-c1csc(N/N=C/c2cccc(Cl)c2)n1. The van der Waals surface area contributed by atoms with Crippen molar-refractivity contribution in [3.05, 3.63) is 81.0 Å². The molecular formula is C19H12ClN3O2S. The Bertz CT molecular complexity index is 1170. The fraction of sp³-hybridized carbons (Fsp3) is 0. The zero-order valence-electron chi connectivity index (χ0n) is 13.3. The topological polar surface area (TPSA) is 67.5 Å². The summed E-state index contributed by atoms with van der Waals surface area (Å²) < 4.78 is 5.35. The Morgan fingerprint density at radius 3 is 2.92 bits per heavy atom. The van der Waals surface area contributed by atoms with Crippen molar-refractivity contribution in [3.8, 4) is 11.3 Å². The maximum absolute atomic E-state index is 12.2. The van der Waals surface area contributed by atoms with Crippen molar-refractivity contribution in [2.75, 3.05) is 5.43 Å². The van der Waals surface area contributed by atoms with Gasteiger partial charge in [-0.15, -0.1) is 11.3 Å². The average molecular weight is 382 g/mol. The van der Waals surface area contributed by atoms with Crippen LogP contribution in [0.3, 0.4) is 0 Å². The molecule has 0 fully saturated rings. The molecule has 0 aliphatic rings. The van der Waals surface area contributed by atoms with E-state index in [1.54, 1.807) is 35.9 Å².